The number of primary amides is 1. The molecule has 0 saturated carbocycles. The van der Waals surface area contributed by atoms with E-state index in [-0.39, 0.29) is 11.7 Å². The van der Waals surface area contributed by atoms with Crippen molar-refractivity contribution >= 4 is 39.1 Å². The number of carbonyl (C=O) groups excluding carboxylic acids is 2. The molecule has 0 spiro atoms. The molecule has 0 unspecified atom stereocenters. The minimum atomic E-state index is -0.587. The Morgan fingerprint density at radius 1 is 1.08 bits per heavy atom. The SMILES string of the molecule is CN1CCC(C(=O)c2cccc(N(C(N)=O)c3ccc(Br)cc3)c2)CC1. The number of hydrogen-bond acceptors (Lipinski definition) is 3. The Hall–Kier alpha value is -2.18. The first-order valence-corrected chi connectivity index (χ1v) is 9.43. The Bertz CT molecular complexity index is 799. The van der Waals surface area contributed by atoms with Crippen LogP contribution in [0.5, 0.6) is 0 Å². The first kappa shape index (κ1) is 18.6. The standard InChI is InChI=1S/C20H22BrN3O2/c1-23-11-9-14(10-12-23)19(25)15-3-2-4-18(13-15)24(20(22)26)17-7-5-16(21)6-8-17/h2-8,13-14H,9-12H2,1H3,(H2,22,26). The van der Waals surface area contributed by atoms with E-state index in [1.165, 1.54) is 4.90 Å². The molecule has 1 aliphatic heterocycles. The number of nitrogens with two attached hydrogens (primary N) is 1. The van der Waals surface area contributed by atoms with E-state index in [1.54, 1.807) is 30.3 Å². The lowest BCUT2D eigenvalue weighted by atomic mass is 9.89. The van der Waals surface area contributed by atoms with Gasteiger partial charge in [0.2, 0.25) is 0 Å². The molecule has 0 aromatic heterocycles. The molecule has 2 aromatic carbocycles. The number of carbonyl (C=O) groups is 2. The van der Waals surface area contributed by atoms with Gasteiger partial charge in [0.05, 0.1) is 11.4 Å². The summed E-state index contributed by atoms with van der Waals surface area (Å²) in [5.41, 5.74) is 7.49. The van der Waals surface area contributed by atoms with Crippen molar-refractivity contribution in [2.24, 2.45) is 11.7 Å². The van der Waals surface area contributed by atoms with E-state index in [2.05, 4.69) is 27.9 Å². The van der Waals surface area contributed by atoms with Crippen molar-refractivity contribution in [1.29, 1.82) is 0 Å². The summed E-state index contributed by atoms with van der Waals surface area (Å²) in [7, 11) is 2.07. The lowest BCUT2D eigenvalue weighted by molar-refractivity contribution is 0.0857. The van der Waals surface area contributed by atoms with Crippen molar-refractivity contribution < 1.29 is 9.59 Å². The monoisotopic (exact) mass is 415 g/mol. The average molecular weight is 416 g/mol. The molecule has 26 heavy (non-hydrogen) atoms. The Morgan fingerprint density at radius 2 is 1.73 bits per heavy atom. The van der Waals surface area contributed by atoms with Crippen molar-refractivity contribution in [2.75, 3.05) is 25.0 Å². The van der Waals surface area contributed by atoms with Crippen LogP contribution >= 0.6 is 15.9 Å². The first-order valence-electron chi connectivity index (χ1n) is 8.63. The second-order valence-electron chi connectivity index (χ2n) is 6.64. The van der Waals surface area contributed by atoms with E-state index < -0.39 is 6.03 Å². The summed E-state index contributed by atoms with van der Waals surface area (Å²) in [4.78, 5) is 28.6. The van der Waals surface area contributed by atoms with Crippen LogP contribution in [0.4, 0.5) is 16.2 Å². The number of Topliss-reactive ketones (excluding diaryl/α,β-unsaturated/α-hetero) is 1. The zero-order chi connectivity index (χ0) is 18.7. The molecule has 136 valence electrons. The molecule has 2 aromatic rings. The highest BCUT2D eigenvalue weighted by atomic mass is 79.9. The van der Waals surface area contributed by atoms with Crippen LogP contribution in [-0.4, -0.2) is 36.9 Å². The van der Waals surface area contributed by atoms with Crippen molar-refractivity contribution in [3.05, 3.63) is 58.6 Å². The number of urea groups is 1. The van der Waals surface area contributed by atoms with Gasteiger partial charge >= 0.3 is 6.03 Å². The summed E-state index contributed by atoms with van der Waals surface area (Å²) < 4.78 is 0.914. The van der Waals surface area contributed by atoms with Crippen LogP contribution in [-0.2, 0) is 0 Å². The fraction of sp³-hybridized carbons (Fsp3) is 0.300. The molecule has 1 aliphatic rings. The molecule has 1 saturated heterocycles. The van der Waals surface area contributed by atoms with E-state index in [9.17, 15) is 9.59 Å². The van der Waals surface area contributed by atoms with Crippen LogP contribution < -0.4 is 10.6 Å². The van der Waals surface area contributed by atoms with Gasteiger partial charge < -0.3 is 10.6 Å². The van der Waals surface area contributed by atoms with Gasteiger partial charge in [-0.2, -0.15) is 0 Å². The topological polar surface area (TPSA) is 66.6 Å². The normalized spacial score (nSPS) is 15.6. The quantitative estimate of drug-likeness (QED) is 0.761. The molecule has 2 N–H and O–H groups in total. The van der Waals surface area contributed by atoms with Gasteiger partial charge in [-0.05, 0) is 69.4 Å². The predicted octanol–water partition coefficient (Wildman–Crippen LogP) is 4.19. The fourth-order valence-corrected chi connectivity index (χ4v) is 3.56. The minimum Gasteiger partial charge on any atom is -0.351 e. The summed E-state index contributed by atoms with van der Waals surface area (Å²) in [6.45, 7) is 1.87. The number of rotatable bonds is 4. The molecule has 2 amide bonds. The summed E-state index contributed by atoms with van der Waals surface area (Å²) in [5.74, 6) is 0.177. The van der Waals surface area contributed by atoms with E-state index >= 15 is 0 Å². The Kier molecular flexibility index (Phi) is 5.74. The second kappa shape index (κ2) is 8.01. The largest absolute Gasteiger partial charge is 0.351 e. The molecule has 1 heterocycles. The van der Waals surface area contributed by atoms with Gasteiger partial charge in [0, 0.05) is 16.0 Å². The van der Waals surface area contributed by atoms with Crippen LogP contribution in [0.25, 0.3) is 0 Å². The van der Waals surface area contributed by atoms with Crippen LogP contribution in [0.2, 0.25) is 0 Å². The van der Waals surface area contributed by atoms with Crippen LogP contribution in [0.1, 0.15) is 23.2 Å². The van der Waals surface area contributed by atoms with Crippen molar-refractivity contribution in [3.8, 4) is 0 Å². The van der Waals surface area contributed by atoms with Crippen molar-refractivity contribution in [1.82, 2.24) is 4.90 Å². The van der Waals surface area contributed by atoms with Gasteiger partial charge in [-0.1, -0.05) is 28.1 Å². The van der Waals surface area contributed by atoms with Crippen LogP contribution in [0, 0.1) is 5.92 Å². The lowest BCUT2D eigenvalue weighted by Crippen LogP contribution is -2.34. The fourth-order valence-electron chi connectivity index (χ4n) is 3.30. The number of piperidine rings is 1. The highest BCUT2D eigenvalue weighted by molar-refractivity contribution is 9.10. The highest BCUT2D eigenvalue weighted by Gasteiger charge is 2.25. The number of likely N-dealkylation sites (tertiary alicyclic amines) is 1. The van der Waals surface area contributed by atoms with Crippen molar-refractivity contribution in [3.63, 3.8) is 0 Å². The van der Waals surface area contributed by atoms with Gasteiger partial charge in [0.1, 0.15) is 0 Å². The lowest BCUT2D eigenvalue weighted by Gasteiger charge is -2.28. The third-order valence-corrected chi connectivity index (χ3v) is 5.31. The van der Waals surface area contributed by atoms with E-state index in [0.29, 0.717) is 16.9 Å². The molecular formula is C20H22BrN3O2. The maximum Gasteiger partial charge on any atom is 0.323 e. The number of benzene rings is 2. The maximum absolute atomic E-state index is 12.9. The predicted molar refractivity (Wildman–Crippen MR) is 107 cm³/mol. The van der Waals surface area contributed by atoms with Gasteiger partial charge in [-0.15, -0.1) is 0 Å². The molecule has 0 aliphatic carbocycles. The summed E-state index contributed by atoms with van der Waals surface area (Å²) in [6.07, 6.45) is 1.73. The van der Waals surface area contributed by atoms with Crippen molar-refractivity contribution in [2.45, 2.75) is 12.8 Å². The molecule has 0 radical (unpaired) electrons. The highest BCUT2D eigenvalue weighted by Crippen LogP contribution is 2.29. The van der Waals surface area contributed by atoms with E-state index in [1.807, 2.05) is 18.2 Å². The molecule has 5 nitrogen and oxygen atoms in total. The van der Waals surface area contributed by atoms with Crippen LogP contribution in [0.3, 0.4) is 0 Å². The zero-order valence-electron chi connectivity index (χ0n) is 14.7. The maximum atomic E-state index is 12.9. The molecular weight excluding hydrogens is 394 g/mol. The number of hydrogen-bond donors (Lipinski definition) is 1. The van der Waals surface area contributed by atoms with Crippen LogP contribution in [0.15, 0.2) is 53.0 Å². The molecule has 3 rings (SSSR count). The number of amides is 2. The first-order chi connectivity index (χ1) is 12.5. The summed E-state index contributed by atoms with van der Waals surface area (Å²) in [6, 6.07) is 13.9. The third kappa shape index (κ3) is 4.14. The Balaban J connectivity index is 1.88. The Morgan fingerprint density at radius 3 is 2.35 bits per heavy atom. The second-order valence-corrected chi connectivity index (χ2v) is 7.56. The van der Waals surface area contributed by atoms with Gasteiger partial charge in [-0.25, -0.2) is 4.79 Å². The minimum absolute atomic E-state index is 0.0381. The zero-order valence-corrected chi connectivity index (χ0v) is 16.3. The molecule has 6 heteroatoms. The van der Waals surface area contributed by atoms with Gasteiger partial charge in [-0.3, -0.25) is 9.69 Å². The van der Waals surface area contributed by atoms with Gasteiger partial charge in [0.15, 0.2) is 5.78 Å². The molecule has 1 fully saturated rings. The smallest absolute Gasteiger partial charge is 0.323 e. The number of anilines is 2. The van der Waals surface area contributed by atoms with Gasteiger partial charge in [0.25, 0.3) is 0 Å². The number of halogens is 1. The Labute approximate surface area is 161 Å². The van der Waals surface area contributed by atoms with E-state index in [0.717, 1.165) is 30.4 Å². The number of nitrogens with zero attached hydrogens (tertiary/aromatic N) is 2. The number of ketones is 1. The summed E-state index contributed by atoms with van der Waals surface area (Å²) >= 11 is 3.38. The summed E-state index contributed by atoms with van der Waals surface area (Å²) in [5, 5.41) is 0. The average Bonchev–Trinajstić information content (AvgIpc) is 2.63. The third-order valence-electron chi connectivity index (χ3n) is 4.78. The molecule has 0 atom stereocenters. The molecule has 0 bridgehead atoms. The van der Waals surface area contributed by atoms with E-state index in [4.69, 9.17) is 5.73 Å².